The molecule has 0 radical (unpaired) electrons. The third kappa shape index (κ3) is 2.60. The van der Waals surface area contributed by atoms with Crippen LogP contribution in [0.15, 0.2) is 60.7 Å². The first-order valence-corrected chi connectivity index (χ1v) is 9.59. The third-order valence-electron chi connectivity index (χ3n) is 4.13. The van der Waals surface area contributed by atoms with Crippen molar-refractivity contribution in [2.24, 2.45) is 0 Å². The van der Waals surface area contributed by atoms with E-state index >= 15 is 0 Å². The summed E-state index contributed by atoms with van der Waals surface area (Å²) in [5.74, 6) is 0.502. The van der Waals surface area contributed by atoms with E-state index in [1.165, 1.54) is 0 Å². The topological polar surface area (TPSA) is 66.2 Å². The zero-order valence-electron chi connectivity index (χ0n) is 13.4. The molecule has 0 bridgehead atoms. The lowest BCUT2D eigenvalue weighted by Gasteiger charge is -1.95. The highest BCUT2D eigenvalue weighted by atomic mass is 32.1. The molecular weight excluding hydrogens is 364 g/mol. The number of benzene rings is 3. The number of fused-ring (bicyclic) bond motifs is 2. The van der Waals surface area contributed by atoms with Crippen LogP contribution in [-0.2, 0) is 0 Å². The van der Waals surface area contributed by atoms with E-state index in [4.69, 9.17) is 9.97 Å². The predicted octanol–water partition coefficient (Wildman–Crippen LogP) is 5.65. The van der Waals surface area contributed by atoms with Crippen molar-refractivity contribution < 1.29 is 10.2 Å². The third-order valence-corrected chi connectivity index (χ3v) is 6.26. The Kier molecular flexibility index (Phi) is 3.41. The number of phenols is 2. The second-order valence-electron chi connectivity index (χ2n) is 5.92. The van der Waals surface area contributed by atoms with Gasteiger partial charge in [-0.3, -0.25) is 0 Å². The Labute approximate surface area is 156 Å². The van der Waals surface area contributed by atoms with Gasteiger partial charge < -0.3 is 10.2 Å². The van der Waals surface area contributed by atoms with E-state index in [-0.39, 0.29) is 11.5 Å². The van der Waals surface area contributed by atoms with Gasteiger partial charge >= 0.3 is 0 Å². The van der Waals surface area contributed by atoms with E-state index in [2.05, 4.69) is 12.1 Å². The molecule has 4 nitrogen and oxygen atoms in total. The van der Waals surface area contributed by atoms with Crippen molar-refractivity contribution in [1.29, 1.82) is 0 Å². The maximum atomic E-state index is 9.44. The molecule has 0 fully saturated rings. The largest absolute Gasteiger partial charge is 0.508 e. The number of phenolic OH excluding ortho intramolecular Hbond substituents is 2. The molecule has 0 aliphatic rings. The summed E-state index contributed by atoms with van der Waals surface area (Å²) < 4.78 is 2.17. The average molecular weight is 376 g/mol. The van der Waals surface area contributed by atoms with Gasteiger partial charge in [-0.2, -0.15) is 0 Å². The van der Waals surface area contributed by atoms with Gasteiger partial charge in [-0.05, 0) is 60.7 Å². The monoisotopic (exact) mass is 376 g/mol. The summed E-state index contributed by atoms with van der Waals surface area (Å²) >= 11 is 3.23. The summed E-state index contributed by atoms with van der Waals surface area (Å²) in [6.45, 7) is 0. The van der Waals surface area contributed by atoms with Crippen LogP contribution in [0, 0.1) is 0 Å². The first-order valence-electron chi connectivity index (χ1n) is 7.96. The van der Waals surface area contributed by atoms with E-state index in [9.17, 15) is 10.2 Å². The molecule has 2 heterocycles. The van der Waals surface area contributed by atoms with Crippen LogP contribution < -0.4 is 0 Å². The van der Waals surface area contributed by atoms with Crippen molar-refractivity contribution >= 4 is 43.1 Å². The highest BCUT2D eigenvalue weighted by molar-refractivity contribution is 7.23. The second-order valence-corrected chi connectivity index (χ2v) is 7.98. The van der Waals surface area contributed by atoms with E-state index in [0.717, 1.165) is 41.6 Å². The smallest absolute Gasteiger partial charge is 0.124 e. The van der Waals surface area contributed by atoms with Gasteiger partial charge in [0.1, 0.15) is 21.5 Å². The molecule has 0 spiro atoms. The van der Waals surface area contributed by atoms with Gasteiger partial charge in [-0.25, -0.2) is 9.97 Å². The number of hydrogen-bond donors (Lipinski definition) is 2. The van der Waals surface area contributed by atoms with Gasteiger partial charge in [-0.1, -0.05) is 0 Å². The maximum Gasteiger partial charge on any atom is 0.124 e. The first-order chi connectivity index (χ1) is 12.7. The Morgan fingerprint density at radius 1 is 0.577 bits per heavy atom. The van der Waals surface area contributed by atoms with Crippen molar-refractivity contribution in [3.63, 3.8) is 0 Å². The van der Waals surface area contributed by atoms with E-state index in [1.807, 2.05) is 24.3 Å². The summed E-state index contributed by atoms with van der Waals surface area (Å²) in [5.41, 5.74) is 3.88. The Balaban J connectivity index is 1.60. The van der Waals surface area contributed by atoms with E-state index in [1.54, 1.807) is 46.9 Å². The molecule has 5 rings (SSSR count). The molecule has 0 aliphatic carbocycles. The summed E-state index contributed by atoms with van der Waals surface area (Å²) in [6, 6.07) is 18.3. The number of rotatable bonds is 2. The Morgan fingerprint density at radius 2 is 0.962 bits per heavy atom. The summed E-state index contributed by atoms with van der Waals surface area (Å²) in [4.78, 5) is 9.48. The van der Waals surface area contributed by atoms with Gasteiger partial charge in [0.05, 0.1) is 20.4 Å². The lowest BCUT2D eigenvalue weighted by molar-refractivity contribution is 0.475. The number of hydrogen-bond acceptors (Lipinski definition) is 6. The fourth-order valence-electron chi connectivity index (χ4n) is 2.80. The zero-order chi connectivity index (χ0) is 17.7. The van der Waals surface area contributed by atoms with Gasteiger partial charge in [0.2, 0.25) is 0 Å². The number of aromatic nitrogens is 2. The molecule has 0 aliphatic heterocycles. The molecule has 0 unspecified atom stereocenters. The van der Waals surface area contributed by atoms with Crippen molar-refractivity contribution in [3.05, 3.63) is 60.7 Å². The second kappa shape index (κ2) is 5.79. The number of nitrogens with zero attached hydrogens (tertiary/aromatic N) is 2. The van der Waals surface area contributed by atoms with Crippen molar-refractivity contribution in [1.82, 2.24) is 9.97 Å². The SMILES string of the molecule is Oc1ccc(-c2nc3cc4sc(-c5ccc(O)cc5)nc4cc3s2)cc1. The van der Waals surface area contributed by atoms with Crippen LogP contribution in [-0.4, -0.2) is 20.2 Å². The normalized spacial score (nSPS) is 11.4. The fraction of sp³-hybridized carbons (Fsp3) is 0. The number of aromatic hydroxyl groups is 2. The molecule has 26 heavy (non-hydrogen) atoms. The Hall–Kier alpha value is -2.96. The molecule has 0 saturated carbocycles. The molecule has 0 amide bonds. The van der Waals surface area contributed by atoms with Gasteiger partial charge in [-0.15, -0.1) is 22.7 Å². The summed E-state index contributed by atoms with van der Waals surface area (Å²) in [5, 5.41) is 20.7. The van der Waals surface area contributed by atoms with Crippen LogP contribution in [0.5, 0.6) is 11.5 Å². The lowest BCUT2D eigenvalue weighted by atomic mass is 10.2. The van der Waals surface area contributed by atoms with Gasteiger partial charge in [0.25, 0.3) is 0 Å². The molecule has 2 N–H and O–H groups in total. The van der Waals surface area contributed by atoms with Crippen molar-refractivity contribution in [2.45, 2.75) is 0 Å². The average Bonchev–Trinajstić information content (AvgIpc) is 3.23. The zero-order valence-corrected chi connectivity index (χ0v) is 15.0. The highest BCUT2D eigenvalue weighted by Gasteiger charge is 2.12. The van der Waals surface area contributed by atoms with Crippen molar-refractivity contribution in [2.75, 3.05) is 0 Å². The molecule has 126 valence electrons. The predicted molar refractivity (Wildman–Crippen MR) is 107 cm³/mol. The molecule has 3 aromatic carbocycles. The van der Waals surface area contributed by atoms with E-state index < -0.39 is 0 Å². The van der Waals surface area contributed by atoms with Gasteiger partial charge in [0.15, 0.2) is 0 Å². The first kappa shape index (κ1) is 15.3. The van der Waals surface area contributed by atoms with Crippen LogP contribution in [0.25, 0.3) is 41.6 Å². The highest BCUT2D eigenvalue weighted by Crippen LogP contribution is 2.37. The molecular formula is C20H12N2O2S2. The van der Waals surface area contributed by atoms with E-state index in [0.29, 0.717) is 0 Å². The minimum atomic E-state index is 0.251. The fourth-order valence-corrected chi connectivity index (χ4v) is 4.78. The summed E-state index contributed by atoms with van der Waals surface area (Å²) in [7, 11) is 0. The van der Waals surface area contributed by atoms with Crippen LogP contribution >= 0.6 is 22.7 Å². The van der Waals surface area contributed by atoms with Crippen LogP contribution in [0.4, 0.5) is 0 Å². The quantitative estimate of drug-likeness (QED) is 0.418. The molecule has 0 atom stereocenters. The molecule has 5 aromatic rings. The van der Waals surface area contributed by atoms with Crippen LogP contribution in [0.2, 0.25) is 0 Å². The molecule has 0 saturated heterocycles. The minimum absolute atomic E-state index is 0.251. The van der Waals surface area contributed by atoms with Crippen LogP contribution in [0.1, 0.15) is 0 Å². The number of thiazole rings is 2. The minimum Gasteiger partial charge on any atom is -0.508 e. The molecule has 2 aromatic heterocycles. The molecule has 6 heteroatoms. The summed E-state index contributed by atoms with van der Waals surface area (Å²) in [6.07, 6.45) is 0. The van der Waals surface area contributed by atoms with Gasteiger partial charge in [0, 0.05) is 11.1 Å². The lowest BCUT2D eigenvalue weighted by Crippen LogP contribution is -1.75. The Morgan fingerprint density at radius 3 is 1.35 bits per heavy atom. The van der Waals surface area contributed by atoms with Crippen molar-refractivity contribution in [3.8, 4) is 32.6 Å². The standard InChI is InChI=1S/C20H12N2O2S2/c23-13-5-1-11(2-6-13)19-21-15-9-18-16(10-17(15)25-19)22-20(26-18)12-3-7-14(24)8-4-12/h1-10,23-24H. The maximum absolute atomic E-state index is 9.44. The Bertz CT molecular complexity index is 1090. The van der Waals surface area contributed by atoms with Crippen LogP contribution in [0.3, 0.4) is 0 Å².